The van der Waals surface area contributed by atoms with Crippen LogP contribution >= 0.6 is 0 Å². The lowest BCUT2D eigenvalue weighted by Gasteiger charge is -2.27. The molecule has 2 unspecified atom stereocenters. The Morgan fingerprint density at radius 1 is 0.806 bits per heavy atom. The van der Waals surface area contributed by atoms with Crippen molar-refractivity contribution in [1.82, 2.24) is 0 Å². The van der Waals surface area contributed by atoms with Crippen LogP contribution in [0.1, 0.15) is 84.3 Å². The first-order valence-corrected chi connectivity index (χ1v) is 13.0. The summed E-state index contributed by atoms with van der Waals surface area (Å²) in [5.74, 6) is 0.397. The zero-order valence-corrected chi connectivity index (χ0v) is 20.5. The van der Waals surface area contributed by atoms with Crippen molar-refractivity contribution < 1.29 is 19.7 Å². The third-order valence-corrected chi connectivity index (χ3v) is 7.55. The molecule has 2 atom stereocenters. The summed E-state index contributed by atoms with van der Waals surface area (Å²) in [7, 11) is 0. The maximum atomic E-state index is 12.7. The maximum absolute atomic E-state index is 12.7. The van der Waals surface area contributed by atoms with Crippen molar-refractivity contribution in [3.05, 3.63) is 82.9 Å². The van der Waals surface area contributed by atoms with Gasteiger partial charge in [-0.1, -0.05) is 74.2 Å². The first kappa shape index (κ1) is 24.3. The summed E-state index contributed by atoms with van der Waals surface area (Å²) in [5, 5.41) is 30.1. The summed E-state index contributed by atoms with van der Waals surface area (Å²) in [4.78, 5) is 12.7. The van der Waals surface area contributed by atoms with Crippen LogP contribution in [0.4, 0.5) is 0 Å². The van der Waals surface area contributed by atoms with E-state index in [1.165, 1.54) is 0 Å². The van der Waals surface area contributed by atoms with E-state index >= 15 is 0 Å². The van der Waals surface area contributed by atoms with Crippen LogP contribution in [-0.4, -0.2) is 28.0 Å². The fourth-order valence-corrected chi connectivity index (χ4v) is 5.66. The third-order valence-electron chi connectivity index (χ3n) is 7.55. The number of aliphatic hydroxyl groups is 1. The second-order valence-corrected chi connectivity index (χ2v) is 9.95. The summed E-state index contributed by atoms with van der Waals surface area (Å²) in [6.07, 6.45) is 6.41. The molecule has 0 saturated heterocycles. The number of hydrogen-bond donors (Lipinski definition) is 3. The molecule has 0 fully saturated rings. The van der Waals surface area contributed by atoms with Gasteiger partial charge in [0.1, 0.15) is 17.6 Å². The highest BCUT2D eigenvalue weighted by Gasteiger charge is 2.28. The summed E-state index contributed by atoms with van der Waals surface area (Å²) in [6.45, 7) is 0. The average Bonchev–Trinajstić information content (AvgIpc) is 2.89. The minimum Gasteiger partial charge on any atom is -0.508 e. The molecule has 2 heterocycles. The van der Waals surface area contributed by atoms with E-state index in [0.717, 1.165) is 78.3 Å². The van der Waals surface area contributed by atoms with Gasteiger partial charge in [0.2, 0.25) is 5.90 Å². The Hall–Kier alpha value is -3.44. The molecule has 2 aliphatic heterocycles. The van der Waals surface area contributed by atoms with Crippen molar-refractivity contribution in [3.8, 4) is 22.6 Å². The SMILES string of the molecule is N=C1Oc2cc(O)c(cc2-c2ccccc2)C(c2cccc3c2CCCC3=O)CCCCCCC1O. The van der Waals surface area contributed by atoms with E-state index in [9.17, 15) is 15.0 Å². The van der Waals surface area contributed by atoms with Crippen molar-refractivity contribution in [3.63, 3.8) is 0 Å². The number of nitrogens with one attached hydrogen (secondary N) is 1. The zero-order valence-electron chi connectivity index (χ0n) is 20.5. The predicted molar refractivity (Wildman–Crippen MR) is 141 cm³/mol. The highest BCUT2D eigenvalue weighted by molar-refractivity contribution is 5.98. The molecular weight excluding hydrogens is 450 g/mol. The molecule has 0 spiro atoms. The Morgan fingerprint density at radius 2 is 1.58 bits per heavy atom. The molecule has 5 nitrogen and oxygen atoms in total. The molecular formula is C31H33NO4. The van der Waals surface area contributed by atoms with E-state index in [-0.39, 0.29) is 23.3 Å². The second kappa shape index (κ2) is 10.7. The lowest BCUT2D eigenvalue weighted by molar-refractivity contribution is 0.0972. The van der Waals surface area contributed by atoms with E-state index in [1.54, 1.807) is 6.07 Å². The number of phenolic OH excluding ortho intramolecular Hbond substituents is 1. The summed E-state index contributed by atoms with van der Waals surface area (Å²) >= 11 is 0. The Kier molecular flexibility index (Phi) is 7.19. The molecule has 5 heteroatoms. The first-order valence-electron chi connectivity index (χ1n) is 13.0. The van der Waals surface area contributed by atoms with Gasteiger partial charge in [-0.15, -0.1) is 0 Å². The summed E-state index contributed by atoms with van der Waals surface area (Å²) < 4.78 is 5.86. The van der Waals surface area contributed by atoms with Crippen LogP contribution in [-0.2, 0) is 6.42 Å². The van der Waals surface area contributed by atoms with Gasteiger partial charge in [-0.3, -0.25) is 10.2 Å². The van der Waals surface area contributed by atoms with E-state index in [1.807, 2.05) is 48.5 Å². The molecule has 3 N–H and O–H groups in total. The van der Waals surface area contributed by atoms with E-state index in [2.05, 4.69) is 6.07 Å². The number of aromatic hydroxyl groups is 1. The topological polar surface area (TPSA) is 90.6 Å². The Morgan fingerprint density at radius 3 is 2.39 bits per heavy atom. The van der Waals surface area contributed by atoms with Crippen LogP contribution in [0.25, 0.3) is 11.1 Å². The van der Waals surface area contributed by atoms with Crippen LogP contribution in [0.2, 0.25) is 0 Å². The molecule has 3 aliphatic rings. The average molecular weight is 484 g/mol. The number of benzene rings is 3. The number of carbonyl (C=O) groups is 1. The maximum Gasteiger partial charge on any atom is 0.216 e. The van der Waals surface area contributed by atoms with Gasteiger partial charge in [-0.2, -0.15) is 0 Å². The largest absolute Gasteiger partial charge is 0.508 e. The van der Waals surface area contributed by atoms with Crippen LogP contribution < -0.4 is 4.74 Å². The van der Waals surface area contributed by atoms with Gasteiger partial charge in [0, 0.05) is 35.1 Å². The zero-order chi connectivity index (χ0) is 25.1. The number of hydrogen-bond acceptors (Lipinski definition) is 5. The molecule has 186 valence electrons. The monoisotopic (exact) mass is 483 g/mol. The van der Waals surface area contributed by atoms with Gasteiger partial charge in [0.15, 0.2) is 5.78 Å². The second-order valence-electron chi connectivity index (χ2n) is 9.95. The highest BCUT2D eigenvalue weighted by atomic mass is 16.5. The molecule has 0 amide bonds. The summed E-state index contributed by atoms with van der Waals surface area (Å²) in [5.41, 5.74) is 5.54. The number of phenols is 1. The number of Topliss-reactive ketones (excluding diaryl/α,β-unsaturated/α-hetero) is 1. The quantitative estimate of drug-likeness (QED) is 0.375. The number of rotatable bonds is 2. The van der Waals surface area contributed by atoms with Gasteiger partial charge in [0.25, 0.3) is 0 Å². The number of ether oxygens (including phenoxy) is 1. The number of carbonyl (C=O) groups excluding carboxylic acids is 1. The van der Waals surface area contributed by atoms with Crippen LogP contribution in [0.5, 0.6) is 11.5 Å². The van der Waals surface area contributed by atoms with Crippen molar-refractivity contribution in [2.24, 2.45) is 0 Å². The van der Waals surface area contributed by atoms with Gasteiger partial charge in [-0.05, 0) is 48.4 Å². The minimum absolute atomic E-state index is 0.0599. The van der Waals surface area contributed by atoms with Crippen molar-refractivity contribution in [2.45, 2.75) is 69.8 Å². The van der Waals surface area contributed by atoms with Crippen molar-refractivity contribution in [1.29, 1.82) is 5.41 Å². The molecule has 0 radical (unpaired) electrons. The molecule has 1 aliphatic carbocycles. The summed E-state index contributed by atoms with van der Waals surface area (Å²) in [6, 6.07) is 19.4. The highest BCUT2D eigenvalue weighted by Crippen LogP contribution is 2.44. The van der Waals surface area contributed by atoms with E-state index in [0.29, 0.717) is 18.6 Å². The molecule has 0 saturated carbocycles. The van der Waals surface area contributed by atoms with E-state index in [4.69, 9.17) is 10.1 Å². The third kappa shape index (κ3) is 4.93. The van der Waals surface area contributed by atoms with Crippen LogP contribution in [0.15, 0.2) is 60.7 Å². The van der Waals surface area contributed by atoms with Gasteiger partial charge in [0.05, 0.1) is 0 Å². The van der Waals surface area contributed by atoms with Crippen molar-refractivity contribution in [2.75, 3.05) is 0 Å². The normalized spacial score (nSPS) is 20.9. The molecule has 36 heavy (non-hydrogen) atoms. The number of aliphatic hydroxyl groups excluding tert-OH is 1. The fraction of sp³-hybridized carbons (Fsp3) is 0.355. The lowest BCUT2D eigenvalue weighted by atomic mass is 9.78. The standard InChI is InChI=1S/C31H33NO4/c32-31-28(34)16-7-2-1-6-12-23(21-13-8-15-24-22(21)14-9-17-27(24)33)26-18-25(20-10-4-3-5-11-20)30(36-31)19-29(26)35/h3-5,8,10-11,13,15,18-19,23,28,32,34-35H,1-2,6-7,9,12,14,16-17H2. The number of fused-ring (bicyclic) bond motifs is 12. The Labute approximate surface area is 212 Å². The predicted octanol–water partition coefficient (Wildman–Crippen LogP) is 6.78. The van der Waals surface area contributed by atoms with Gasteiger partial charge in [-0.25, -0.2) is 0 Å². The lowest BCUT2D eigenvalue weighted by Crippen LogP contribution is -2.25. The molecule has 0 aromatic heterocycles. The van der Waals surface area contributed by atoms with E-state index < -0.39 is 6.10 Å². The Bertz CT molecular complexity index is 1270. The fourth-order valence-electron chi connectivity index (χ4n) is 5.66. The van der Waals surface area contributed by atoms with Crippen molar-refractivity contribution >= 4 is 11.7 Å². The minimum atomic E-state index is -0.973. The molecule has 2 bridgehead atoms. The molecule has 6 rings (SSSR count). The van der Waals surface area contributed by atoms with Crippen LogP contribution in [0.3, 0.4) is 0 Å². The van der Waals surface area contributed by atoms with Gasteiger partial charge < -0.3 is 14.9 Å². The molecule has 3 aromatic carbocycles. The Balaban J connectivity index is 1.68. The van der Waals surface area contributed by atoms with Crippen LogP contribution in [0, 0.1) is 5.41 Å². The van der Waals surface area contributed by atoms with Gasteiger partial charge >= 0.3 is 0 Å². The molecule has 3 aromatic rings. The first-order chi connectivity index (χ1) is 17.5. The smallest absolute Gasteiger partial charge is 0.216 e. The number of ketones is 1.